The van der Waals surface area contributed by atoms with Gasteiger partial charge in [-0.15, -0.1) is 0 Å². The third-order valence-corrected chi connectivity index (χ3v) is 4.18. The number of aliphatic hydroxyl groups excluding tert-OH is 1. The molecular weight excluding hydrogens is 230 g/mol. The zero-order valence-corrected chi connectivity index (χ0v) is 11.3. The second-order valence-electron chi connectivity index (χ2n) is 5.48. The van der Waals surface area contributed by atoms with Crippen molar-refractivity contribution in [3.05, 3.63) is 0 Å². The first-order valence-electron chi connectivity index (χ1n) is 7.05. The van der Waals surface area contributed by atoms with E-state index < -0.39 is 0 Å². The van der Waals surface area contributed by atoms with Crippen molar-refractivity contribution in [2.75, 3.05) is 45.9 Å². The van der Waals surface area contributed by atoms with Crippen molar-refractivity contribution >= 4 is 5.91 Å². The minimum absolute atomic E-state index is 0.0302. The lowest BCUT2D eigenvalue weighted by Crippen LogP contribution is -2.45. The molecule has 2 rings (SSSR count). The maximum absolute atomic E-state index is 12.3. The van der Waals surface area contributed by atoms with Crippen LogP contribution in [-0.2, 0) is 4.79 Å². The van der Waals surface area contributed by atoms with Crippen molar-refractivity contribution in [1.82, 2.24) is 15.1 Å². The fourth-order valence-corrected chi connectivity index (χ4v) is 2.94. The summed E-state index contributed by atoms with van der Waals surface area (Å²) in [6.07, 6.45) is 2.12. The summed E-state index contributed by atoms with van der Waals surface area (Å²) in [5.74, 6) is 0.602. The standard InChI is InChI=1S/C13H25N3O2/c1-11-3-7-16(12(11)10-17)13(18)9-15-6-2-4-14-5-8-15/h11-12,14,17H,2-10H2,1H3. The van der Waals surface area contributed by atoms with Gasteiger partial charge in [0.25, 0.3) is 0 Å². The number of hydrogen-bond donors (Lipinski definition) is 2. The maximum atomic E-state index is 12.3. The highest BCUT2D eigenvalue weighted by Crippen LogP contribution is 2.23. The molecule has 2 fully saturated rings. The van der Waals surface area contributed by atoms with Gasteiger partial charge < -0.3 is 15.3 Å². The van der Waals surface area contributed by atoms with Gasteiger partial charge in [0.2, 0.25) is 5.91 Å². The Morgan fingerprint density at radius 3 is 2.94 bits per heavy atom. The van der Waals surface area contributed by atoms with Crippen molar-refractivity contribution in [3.8, 4) is 0 Å². The van der Waals surface area contributed by atoms with Gasteiger partial charge in [-0.3, -0.25) is 9.69 Å². The van der Waals surface area contributed by atoms with Crippen LogP contribution in [0.3, 0.4) is 0 Å². The summed E-state index contributed by atoms with van der Waals surface area (Å²) in [7, 11) is 0. The van der Waals surface area contributed by atoms with Gasteiger partial charge in [0.05, 0.1) is 19.2 Å². The van der Waals surface area contributed by atoms with E-state index >= 15 is 0 Å². The summed E-state index contributed by atoms with van der Waals surface area (Å²) in [5.41, 5.74) is 0. The van der Waals surface area contributed by atoms with Gasteiger partial charge in [-0.05, 0) is 31.8 Å². The third-order valence-electron chi connectivity index (χ3n) is 4.18. The van der Waals surface area contributed by atoms with Crippen LogP contribution in [0.15, 0.2) is 0 Å². The minimum Gasteiger partial charge on any atom is -0.394 e. The van der Waals surface area contributed by atoms with Crippen LogP contribution >= 0.6 is 0 Å². The van der Waals surface area contributed by atoms with Gasteiger partial charge in [0.1, 0.15) is 0 Å². The molecule has 5 nitrogen and oxygen atoms in total. The molecule has 0 aromatic carbocycles. The number of carbonyl (C=O) groups excluding carboxylic acids is 1. The summed E-state index contributed by atoms with van der Waals surface area (Å²) in [4.78, 5) is 16.4. The van der Waals surface area contributed by atoms with E-state index in [1.165, 1.54) is 0 Å². The lowest BCUT2D eigenvalue weighted by atomic mass is 10.0. The fourth-order valence-electron chi connectivity index (χ4n) is 2.94. The van der Waals surface area contributed by atoms with Crippen LogP contribution in [0.2, 0.25) is 0 Å². The van der Waals surface area contributed by atoms with E-state index in [9.17, 15) is 9.90 Å². The molecule has 1 amide bonds. The molecular formula is C13H25N3O2. The van der Waals surface area contributed by atoms with Crippen molar-refractivity contribution in [1.29, 1.82) is 0 Å². The number of aliphatic hydroxyl groups is 1. The number of hydrogen-bond acceptors (Lipinski definition) is 4. The van der Waals surface area contributed by atoms with Crippen LogP contribution in [0.1, 0.15) is 19.8 Å². The summed E-state index contributed by atoms with van der Waals surface area (Å²) in [6.45, 7) is 7.46. The topological polar surface area (TPSA) is 55.8 Å². The lowest BCUT2D eigenvalue weighted by Gasteiger charge is -2.28. The van der Waals surface area contributed by atoms with Crippen molar-refractivity contribution in [2.45, 2.75) is 25.8 Å². The predicted octanol–water partition coefficient (Wildman–Crippen LogP) is -0.489. The van der Waals surface area contributed by atoms with E-state index in [1.807, 2.05) is 4.90 Å². The van der Waals surface area contributed by atoms with Crippen molar-refractivity contribution in [2.24, 2.45) is 5.92 Å². The van der Waals surface area contributed by atoms with Gasteiger partial charge in [0, 0.05) is 19.6 Å². The molecule has 0 spiro atoms. The normalized spacial score (nSPS) is 30.4. The molecule has 2 N–H and O–H groups in total. The fraction of sp³-hybridized carbons (Fsp3) is 0.923. The maximum Gasteiger partial charge on any atom is 0.237 e. The van der Waals surface area contributed by atoms with Crippen molar-refractivity contribution < 1.29 is 9.90 Å². The number of nitrogens with zero attached hydrogens (tertiary/aromatic N) is 2. The summed E-state index contributed by atoms with van der Waals surface area (Å²) in [5, 5.41) is 12.7. The monoisotopic (exact) mass is 255 g/mol. The molecule has 0 aromatic heterocycles. The van der Waals surface area contributed by atoms with Crippen molar-refractivity contribution in [3.63, 3.8) is 0 Å². The van der Waals surface area contributed by atoms with Crippen LogP contribution in [0.5, 0.6) is 0 Å². The van der Waals surface area contributed by atoms with Crippen LogP contribution in [0, 0.1) is 5.92 Å². The van der Waals surface area contributed by atoms with E-state index in [-0.39, 0.29) is 18.6 Å². The second kappa shape index (κ2) is 6.50. The number of carbonyl (C=O) groups is 1. The quantitative estimate of drug-likeness (QED) is 0.714. The van der Waals surface area contributed by atoms with E-state index in [4.69, 9.17) is 0 Å². The van der Waals surface area contributed by atoms with Gasteiger partial charge in [-0.1, -0.05) is 6.92 Å². The third kappa shape index (κ3) is 3.22. The first-order chi connectivity index (χ1) is 8.72. The molecule has 0 saturated carbocycles. The minimum atomic E-state index is 0.0302. The molecule has 104 valence electrons. The number of amides is 1. The molecule has 2 atom stereocenters. The highest BCUT2D eigenvalue weighted by Gasteiger charge is 2.34. The first kappa shape index (κ1) is 13.8. The summed E-state index contributed by atoms with van der Waals surface area (Å²) < 4.78 is 0. The van der Waals surface area contributed by atoms with Gasteiger partial charge >= 0.3 is 0 Å². The highest BCUT2D eigenvalue weighted by atomic mass is 16.3. The molecule has 0 aliphatic carbocycles. The van der Waals surface area contributed by atoms with Crippen LogP contribution in [0.25, 0.3) is 0 Å². The number of rotatable bonds is 3. The Kier molecular flexibility index (Phi) is 4.97. The van der Waals surface area contributed by atoms with Gasteiger partial charge in [-0.25, -0.2) is 0 Å². The average Bonchev–Trinajstić information content (AvgIpc) is 2.57. The highest BCUT2D eigenvalue weighted by molar-refractivity contribution is 5.79. The molecule has 2 unspecified atom stereocenters. The second-order valence-corrected chi connectivity index (χ2v) is 5.48. The first-order valence-corrected chi connectivity index (χ1v) is 7.05. The molecule has 18 heavy (non-hydrogen) atoms. The zero-order valence-electron chi connectivity index (χ0n) is 11.3. The molecule has 5 heteroatoms. The lowest BCUT2D eigenvalue weighted by molar-refractivity contribution is -0.134. The molecule has 2 aliphatic heterocycles. The van der Waals surface area contributed by atoms with Gasteiger partial charge in [0.15, 0.2) is 0 Å². The zero-order chi connectivity index (χ0) is 13.0. The largest absolute Gasteiger partial charge is 0.394 e. The van der Waals surface area contributed by atoms with E-state index in [2.05, 4.69) is 17.1 Å². The number of likely N-dealkylation sites (tertiary alicyclic amines) is 1. The van der Waals surface area contributed by atoms with Crippen LogP contribution < -0.4 is 5.32 Å². The Balaban J connectivity index is 1.86. The molecule has 2 aliphatic rings. The SMILES string of the molecule is CC1CCN(C(=O)CN2CCCNCC2)C1CO. The van der Waals surface area contributed by atoms with Crippen LogP contribution in [0.4, 0.5) is 0 Å². The molecule has 0 bridgehead atoms. The Labute approximate surface area is 109 Å². The summed E-state index contributed by atoms with van der Waals surface area (Å²) >= 11 is 0. The molecule has 2 heterocycles. The van der Waals surface area contributed by atoms with E-state index in [0.717, 1.165) is 45.6 Å². The summed E-state index contributed by atoms with van der Waals surface area (Å²) in [6, 6.07) is 0.0302. The Hall–Kier alpha value is -0.650. The average molecular weight is 255 g/mol. The van der Waals surface area contributed by atoms with E-state index in [0.29, 0.717) is 12.5 Å². The molecule has 2 saturated heterocycles. The molecule has 0 aromatic rings. The number of nitrogens with one attached hydrogen (secondary N) is 1. The van der Waals surface area contributed by atoms with E-state index in [1.54, 1.807) is 0 Å². The predicted molar refractivity (Wildman–Crippen MR) is 70.3 cm³/mol. The smallest absolute Gasteiger partial charge is 0.237 e. The Morgan fingerprint density at radius 2 is 2.17 bits per heavy atom. The van der Waals surface area contributed by atoms with Crippen LogP contribution in [-0.4, -0.2) is 72.7 Å². The Morgan fingerprint density at radius 1 is 1.33 bits per heavy atom. The van der Waals surface area contributed by atoms with Gasteiger partial charge in [-0.2, -0.15) is 0 Å². The Bertz CT molecular complexity index is 277. The molecule has 0 radical (unpaired) electrons.